The van der Waals surface area contributed by atoms with Gasteiger partial charge in [-0.05, 0) is 44.5 Å². The summed E-state index contributed by atoms with van der Waals surface area (Å²) < 4.78 is 5.02. The number of hydrogen-bond donors (Lipinski definition) is 3. The van der Waals surface area contributed by atoms with Crippen LogP contribution in [0, 0.1) is 25.2 Å². The van der Waals surface area contributed by atoms with Crippen LogP contribution in [0.25, 0.3) is 0 Å². The number of aliphatic hydroxyl groups excluding tert-OH is 1. The van der Waals surface area contributed by atoms with Crippen molar-refractivity contribution in [3.8, 4) is 6.07 Å². The van der Waals surface area contributed by atoms with Crippen LogP contribution in [0.4, 0.5) is 5.69 Å². The Labute approximate surface area is 155 Å². The molecule has 2 rings (SSSR count). The predicted octanol–water partition coefficient (Wildman–Crippen LogP) is 3.01. The first-order valence-electron chi connectivity index (χ1n) is 7.78. The van der Waals surface area contributed by atoms with E-state index in [2.05, 4.69) is 10.3 Å². The first-order chi connectivity index (χ1) is 12.2. The van der Waals surface area contributed by atoms with Crippen LogP contribution in [0.5, 0.6) is 0 Å². The molecule has 1 atom stereocenters. The number of carbonyl (C=O) groups excluding carboxylic acids is 2. The zero-order chi connectivity index (χ0) is 19.4. The van der Waals surface area contributed by atoms with E-state index in [9.17, 15) is 14.7 Å². The lowest BCUT2D eigenvalue weighted by atomic mass is 10.1. The Bertz CT molecular complexity index is 897. The van der Waals surface area contributed by atoms with E-state index in [0.29, 0.717) is 28.1 Å². The summed E-state index contributed by atoms with van der Waals surface area (Å²) in [4.78, 5) is 27.0. The van der Waals surface area contributed by atoms with Crippen molar-refractivity contribution in [2.45, 2.75) is 26.9 Å². The number of halogens is 1. The largest absolute Gasteiger partial charge is 0.451 e. The number of H-pyrrole nitrogens is 1. The van der Waals surface area contributed by atoms with Crippen LogP contribution in [0.2, 0.25) is 5.02 Å². The molecule has 1 amide bonds. The maximum Gasteiger partial charge on any atom is 0.355 e. The molecule has 8 heteroatoms. The zero-order valence-corrected chi connectivity index (χ0v) is 15.3. The van der Waals surface area contributed by atoms with E-state index in [-0.39, 0.29) is 10.7 Å². The minimum Gasteiger partial charge on any atom is -0.451 e. The van der Waals surface area contributed by atoms with Crippen LogP contribution < -0.4 is 5.32 Å². The van der Waals surface area contributed by atoms with Crippen molar-refractivity contribution >= 4 is 29.2 Å². The molecule has 26 heavy (non-hydrogen) atoms. The molecule has 0 bridgehead atoms. The number of anilines is 1. The number of aryl methyl sites for hydroxylation is 1. The normalized spacial score (nSPS) is 11.5. The van der Waals surface area contributed by atoms with Gasteiger partial charge < -0.3 is 20.1 Å². The van der Waals surface area contributed by atoms with Crippen molar-refractivity contribution in [1.82, 2.24) is 4.98 Å². The highest BCUT2D eigenvalue weighted by Gasteiger charge is 2.21. The van der Waals surface area contributed by atoms with Crippen molar-refractivity contribution in [1.29, 1.82) is 5.26 Å². The Morgan fingerprint density at radius 3 is 2.65 bits per heavy atom. The molecule has 7 nitrogen and oxygen atoms in total. The molecule has 0 saturated heterocycles. The fourth-order valence-electron chi connectivity index (χ4n) is 2.68. The highest BCUT2D eigenvalue weighted by molar-refractivity contribution is 6.32. The van der Waals surface area contributed by atoms with E-state index in [4.69, 9.17) is 21.6 Å². The summed E-state index contributed by atoms with van der Waals surface area (Å²) in [6, 6.07) is 6.36. The second-order valence-corrected chi connectivity index (χ2v) is 6.18. The molecule has 0 fully saturated rings. The van der Waals surface area contributed by atoms with Gasteiger partial charge in [0.05, 0.1) is 16.7 Å². The first-order valence-corrected chi connectivity index (χ1v) is 8.16. The van der Waals surface area contributed by atoms with Crippen molar-refractivity contribution in [3.63, 3.8) is 0 Å². The van der Waals surface area contributed by atoms with Gasteiger partial charge in [-0.25, -0.2) is 4.79 Å². The summed E-state index contributed by atoms with van der Waals surface area (Å²) >= 11 is 5.90. The first kappa shape index (κ1) is 19.5. The van der Waals surface area contributed by atoms with Gasteiger partial charge in [-0.15, -0.1) is 0 Å². The van der Waals surface area contributed by atoms with Gasteiger partial charge in [0.15, 0.2) is 6.61 Å². The lowest BCUT2D eigenvalue weighted by Crippen LogP contribution is -2.21. The predicted molar refractivity (Wildman–Crippen MR) is 96.0 cm³/mol. The Morgan fingerprint density at radius 2 is 2.12 bits per heavy atom. The molecule has 0 aliphatic carbocycles. The standard InChI is InChI=1S/C18H18ClN3O4/c1-9-16(11(3)23)10(2)21-17(9)18(25)26-8-15(24)22-13-5-4-12(7-20)14(19)6-13/h4-6,11,21,23H,8H2,1-3H3,(H,22,24)/t11-/m1/s1. The van der Waals surface area contributed by atoms with Crippen molar-refractivity contribution in [2.24, 2.45) is 0 Å². The number of benzene rings is 1. The monoisotopic (exact) mass is 375 g/mol. The van der Waals surface area contributed by atoms with Crippen LogP contribution in [0.3, 0.4) is 0 Å². The number of aromatic nitrogens is 1. The summed E-state index contributed by atoms with van der Waals surface area (Å²) in [6.07, 6.45) is -0.725. The molecule has 3 N–H and O–H groups in total. The van der Waals surface area contributed by atoms with Crippen LogP contribution in [-0.4, -0.2) is 28.6 Å². The zero-order valence-electron chi connectivity index (χ0n) is 14.5. The fourth-order valence-corrected chi connectivity index (χ4v) is 2.90. The highest BCUT2D eigenvalue weighted by atomic mass is 35.5. The number of carbonyl (C=O) groups is 2. The SMILES string of the molecule is Cc1[nH]c(C(=O)OCC(=O)Nc2ccc(C#N)c(Cl)c2)c(C)c1[C@@H](C)O. The number of hydrogen-bond acceptors (Lipinski definition) is 5. The average Bonchev–Trinajstić information content (AvgIpc) is 2.87. The van der Waals surface area contributed by atoms with Gasteiger partial charge in [-0.1, -0.05) is 11.6 Å². The van der Waals surface area contributed by atoms with Crippen molar-refractivity contribution in [2.75, 3.05) is 11.9 Å². The number of amides is 1. The molecule has 136 valence electrons. The smallest absolute Gasteiger partial charge is 0.355 e. The lowest BCUT2D eigenvalue weighted by molar-refractivity contribution is -0.119. The molecule has 0 unspecified atom stereocenters. The molecule has 0 radical (unpaired) electrons. The van der Waals surface area contributed by atoms with Crippen molar-refractivity contribution in [3.05, 3.63) is 51.3 Å². The van der Waals surface area contributed by atoms with E-state index in [0.717, 1.165) is 0 Å². The van der Waals surface area contributed by atoms with Gasteiger partial charge >= 0.3 is 5.97 Å². The molecule has 0 spiro atoms. The Morgan fingerprint density at radius 1 is 1.42 bits per heavy atom. The second-order valence-electron chi connectivity index (χ2n) is 5.77. The minimum absolute atomic E-state index is 0.201. The van der Waals surface area contributed by atoms with Gasteiger partial charge in [0.2, 0.25) is 0 Å². The molecule has 1 aromatic carbocycles. The quantitative estimate of drug-likeness (QED) is 0.695. The van der Waals surface area contributed by atoms with E-state index in [1.807, 2.05) is 6.07 Å². The van der Waals surface area contributed by atoms with Crippen LogP contribution in [0.15, 0.2) is 18.2 Å². The minimum atomic E-state index is -0.725. The Balaban J connectivity index is 1.99. The van der Waals surface area contributed by atoms with Crippen LogP contribution in [0.1, 0.15) is 45.9 Å². The summed E-state index contributed by atoms with van der Waals surface area (Å²) in [5.41, 5.74) is 2.77. The number of nitrogens with one attached hydrogen (secondary N) is 2. The number of nitrogens with zero attached hydrogens (tertiary/aromatic N) is 1. The molecule has 1 aromatic heterocycles. The summed E-state index contributed by atoms with van der Waals surface area (Å²) in [5, 5.41) is 21.3. The number of ether oxygens (including phenoxy) is 1. The molecular weight excluding hydrogens is 358 g/mol. The van der Waals surface area contributed by atoms with Gasteiger partial charge in [0, 0.05) is 16.9 Å². The third-order valence-electron chi connectivity index (χ3n) is 3.83. The molecule has 0 aliphatic heterocycles. The number of aliphatic hydroxyl groups is 1. The van der Waals surface area contributed by atoms with Gasteiger partial charge in [-0.3, -0.25) is 4.79 Å². The van der Waals surface area contributed by atoms with Crippen molar-refractivity contribution < 1.29 is 19.4 Å². The van der Waals surface area contributed by atoms with E-state index in [1.165, 1.54) is 18.2 Å². The summed E-state index contributed by atoms with van der Waals surface area (Å²) in [7, 11) is 0. The number of aromatic amines is 1. The molecule has 0 aliphatic rings. The maximum absolute atomic E-state index is 12.2. The number of nitriles is 1. The third kappa shape index (κ3) is 4.23. The lowest BCUT2D eigenvalue weighted by Gasteiger charge is -2.08. The average molecular weight is 376 g/mol. The summed E-state index contributed by atoms with van der Waals surface area (Å²) in [5.74, 6) is -1.23. The third-order valence-corrected chi connectivity index (χ3v) is 4.14. The maximum atomic E-state index is 12.2. The van der Waals surface area contributed by atoms with Gasteiger partial charge in [0.1, 0.15) is 11.8 Å². The molecule has 0 saturated carbocycles. The fraction of sp³-hybridized carbons (Fsp3) is 0.278. The van der Waals surface area contributed by atoms with Gasteiger partial charge in [0.25, 0.3) is 5.91 Å². The van der Waals surface area contributed by atoms with E-state index >= 15 is 0 Å². The van der Waals surface area contributed by atoms with Crippen LogP contribution >= 0.6 is 11.6 Å². The topological polar surface area (TPSA) is 115 Å². The van der Waals surface area contributed by atoms with Gasteiger partial charge in [-0.2, -0.15) is 5.26 Å². The van der Waals surface area contributed by atoms with Crippen LogP contribution in [-0.2, 0) is 9.53 Å². The Kier molecular flexibility index (Phi) is 6.03. The van der Waals surface area contributed by atoms with E-state index < -0.39 is 24.6 Å². The number of esters is 1. The highest BCUT2D eigenvalue weighted by Crippen LogP contribution is 2.25. The molecule has 2 aromatic rings. The molecular formula is C18H18ClN3O4. The van der Waals surface area contributed by atoms with E-state index in [1.54, 1.807) is 20.8 Å². The second kappa shape index (κ2) is 8.04. The Hall–Kier alpha value is -2.82. The summed E-state index contributed by atoms with van der Waals surface area (Å²) in [6.45, 7) is 4.56. The molecule has 1 heterocycles. The number of rotatable bonds is 5.